The van der Waals surface area contributed by atoms with E-state index in [1.165, 1.54) is 0 Å². The number of aromatic amines is 1. The first-order valence-corrected chi connectivity index (χ1v) is 7.93. The maximum absolute atomic E-state index is 12.2. The fraction of sp³-hybridized carbons (Fsp3) is 0.733. The van der Waals surface area contributed by atoms with E-state index < -0.39 is 0 Å². The Morgan fingerprint density at radius 1 is 1.36 bits per heavy atom. The van der Waals surface area contributed by atoms with Crippen molar-refractivity contribution in [3.05, 3.63) is 11.4 Å². The van der Waals surface area contributed by atoms with E-state index in [4.69, 9.17) is 0 Å². The first kappa shape index (κ1) is 16.9. The average Bonchev–Trinajstić information content (AvgIpc) is 2.82. The lowest BCUT2D eigenvalue weighted by molar-refractivity contribution is -0.117. The minimum Gasteiger partial charge on any atom is -0.395 e. The van der Waals surface area contributed by atoms with Crippen LogP contribution in [0.25, 0.3) is 0 Å². The van der Waals surface area contributed by atoms with Gasteiger partial charge in [-0.2, -0.15) is 5.10 Å². The number of amides is 1. The number of nitrogens with zero attached hydrogens (tertiary/aromatic N) is 3. The quantitative estimate of drug-likeness (QED) is 0.706. The summed E-state index contributed by atoms with van der Waals surface area (Å²) in [5, 5.41) is 19.2. The number of nitrogens with one attached hydrogen (secondary N) is 2. The van der Waals surface area contributed by atoms with Gasteiger partial charge in [0.25, 0.3) is 0 Å². The van der Waals surface area contributed by atoms with Crippen LogP contribution in [0.15, 0.2) is 0 Å². The van der Waals surface area contributed by atoms with Crippen molar-refractivity contribution in [1.82, 2.24) is 20.0 Å². The molecule has 1 fully saturated rings. The smallest absolute Gasteiger partial charge is 0.238 e. The highest BCUT2D eigenvalue weighted by molar-refractivity contribution is 5.93. The maximum Gasteiger partial charge on any atom is 0.238 e. The van der Waals surface area contributed by atoms with Crippen LogP contribution in [0, 0.1) is 13.8 Å². The molecular weight excluding hydrogens is 282 g/mol. The van der Waals surface area contributed by atoms with Gasteiger partial charge in [-0.05, 0) is 20.3 Å². The standard InChI is InChI=1S/C15H27N5O2/c1-4-13(10-21)20-7-5-19(6-8-20)9-14(22)16-15-11(2)17-18-12(15)3/h13,21H,4-10H2,1-3H3,(H,16,22)(H,17,18). The van der Waals surface area contributed by atoms with E-state index in [9.17, 15) is 9.90 Å². The Balaban J connectivity index is 1.80. The van der Waals surface area contributed by atoms with Crippen molar-refractivity contribution >= 4 is 11.6 Å². The molecule has 1 amide bonds. The van der Waals surface area contributed by atoms with Gasteiger partial charge in [0, 0.05) is 32.2 Å². The summed E-state index contributed by atoms with van der Waals surface area (Å²) in [4.78, 5) is 16.6. The molecule has 124 valence electrons. The lowest BCUT2D eigenvalue weighted by Gasteiger charge is -2.38. The Labute approximate surface area is 131 Å². The van der Waals surface area contributed by atoms with Crippen LogP contribution >= 0.6 is 0 Å². The Morgan fingerprint density at radius 2 is 2.05 bits per heavy atom. The predicted molar refractivity (Wildman–Crippen MR) is 85.9 cm³/mol. The number of carbonyl (C=O) groups excluding carboxylic acids is 1. The minimum absolute atomic E-state index is 0.00440. The first-order chi connectivity index (χ1) is 10.5. The van der Waals surface area contributed by atoms with E-state index in [-0.39, 0.29) is 18.6 Å². The lowest BCUT2D eigenvalue weighted by Crippen LogP contribution is -2.52. The molecule has 0 bridgehead atoms. The maximum atomic E-state index is 12.2. The number of aliphatic hydroxyl groups excluding tert-OH is 1. The van der Waals surface area contributed by atoms with Crippen LogP contribution in [0.4, 0.5) is 5.69 Å². The Kier molecular flexibility index (Phi) is 5.93. The van der Waals surface area contributed by atoms with Crippen molar-refractivity contribution in [1.29, 1.82) is 0 Å². The molecule has 1 aliphatic rings. The molecule has 7 heteroatoms. The van der Waals surface area contributed by atoms with Crippen LogP contribution in [0.3, 0.4) is 0 Å². The highest BCUT2D eigenvalue weighted by Gasteiger charge is 2.23. The summed E-state index contributed by atoms with van der Waals surface area (Å²) >= 11 is 0. The number of piperazine rings is 1. The van der Waals surface area contributed by atoms with Crippen LogP contribution in [0.1, 0.15) is 24.7 Å². The summed E-state index contributed by atoms with van der Waals surface area (Å²) in [6.45, 7) is 9.97. The molecule has 1 unspecified atom stereocenters. The molecule has 1 aliphatic heterocycles. The summed E-state index contributed by atoms with van der Waals surface area (Å²) in [5.41, 5.74) is 2.48. The predicted octanol–water partition coefficient (Wildman–Crippen LogP) is 0.354. The third-order valence-corrected chi connectivity index (χ3v) is 4.37. The van der Waals surface area contributed by atoms with Crippen molar-refractivity contribution in [3.8, 4) is 0 Å². The largest absolute Gasteiger partial charge is 0.395 e. The van der Waals surface area contributed by atoms with Crippen LogP contribution in [-0.2, 0) is 4.79 Å². The fourth-order valence-corrected chi connectivity index (χ4v) is 2.91. The van der Waals surface area contributed by atoms with Gasteiger partial charge in [-0.25, -0.2) is 0 Å². The molecule has 2 rings (SSSR count). The summed E-state index contributed by atoms with van der Waals surface area (Å²) in [5.74, 6) is -0.00440. The normalized spacial score (nSPS) is 18.4. The zero-order valence-corrected chi connectivity index (χ0v) is 13.7. The molecule has 1 aromatic heterocycles. The second-order valence-corrected chi connectivity index (χ2v) is 5.91. The first-order valence-electron chi connectivity index (χ1n) is 7.93. The highest BCUT2D eigenvalue weighted by atomic mass is 16.3. The van der Waals surface area contributed by atoms with Crippen molar-refractivity contribution in [3.63, 3.8) is 0 Å². The monoisotopic (exact) mass is 309 g/mol. The van der Waals surface area contributed by atoms with Crippen molar-refractivity contribution in [2.75, 3.05) is 44.6 Å². The zero-order chi connectivity index (χ0) is 16.1. The summed E-state index contributed by atoms with van der Waals surface area (Å²) in [7, 11) is 0. The number of aryl methyl sites for hydroxylation is 2. The van der Waals surface area contributed by atoms with Crippen molar-refractivity contribution in [2.24, 2.45) is 0 Å². The van der Waals surface area contributed by atoms with Crippen molar-refractivity contribution in [2.45, 2.75) is 33.2 Å². The fourth-order valence-electron chi connectivity index (χ4n) is 2.91. The van der Waals surface area contributed by atoms with E-state index >= 15 is 0 Å². The minimum atomic E-state index is -0.00440. The zero-order valence-electron chi connectivity index (χ0n) is 13.7. The van der Waals surface area contributed by atoms with Gasteiger partial charge in [0.1, 0.15) is 0 Å². The number of aromatic nitrogens is 2. The molecule has 1 aromatic rings. The molecule has 3 N–H and O–H groups in total. The number of anilines is 1. The molecule has 22 heavy (non-hydrogen) atoms. The van der Waals surface area contributed by atoms with Crippen LogP contribution in [0.2, 0.25) is 0 Å². The van der Waals surface area contributed by atoms with E-state index in [0.29, 0.717) is 6.54 Å². The van der Waals surface area contributed by atoms with E-state index in [1.807, 2.05) is 13.8 Å². The SMILES string of the molecule is CCC(CO)N1CCN(CC(=O)Nc2c(C)n[nH]c2C)CC1. The van der Waals surface area contributed by atoms with Crippen molar-refractivity contribution < 1.29 is 9.90 Å². The molecule has 0 spiro atoms. The number of aliphatic hydroxyl groups is 1. The van der Waals surface area contributed by atoms with Gasteiger partial charge in [0.05, 0.1) is 30.2 Å². The van der Waals surface area contributed by atoms with Gasteiger partial charge < -0.3 is 10.4 Å². The molecule has 0 radical (unpaired) electrons. The molecular formula is C15H27N5O2. The van der Waals surface area contributed by atoms with Gasteiger partial charge >= 0.3 is 0 Å². The molecule has 1 atom stereocenters. The van der Waals surface area contributed by atoms with Gasteiger partial charge in [0.15, 0.2) is 0 Å². The highest BCUT2D eigenvalue weighted by Crippen LogP contribution is 2.16. The molecule has 0 aliphatic carbocycles. The molecule has 1 saturated heterocycles. The number of carbonyl (C=O) groups is 1. The van der Waals surface area contributed by atoms with Crippen LogP contribution in [0.5, 0.6) is 0 Å². The van der Waals surface area contributed by atoms with Gasteiger partial charge in [0.2, 0.25) is 5.91 Å². The number of hydrogen-bond acceptors (Lipinski definition) is 5. The van der Waals surface area contributed by atoms with Gasteiger partial charge in [-0.1, -0.05) is 6.92 Å². The lowest BCUT2D eigenvalue weighted by atomic mass is 10.1. The van der Waals surface area contributed by atoms with E-state index in [2.05, 4.69) is 32.2 Å². The Bertz CT molecular complexity index is 471. The van der Waals surface area contributed by atoms with E-state index in [0.717, 1.165) is 49.7 Å². The Morgan fingerprint density at radius 3 is 2.55 bits per heavy atom. The number of rotatable bonds is 6. The summed E-state index contributed by atoms with van der Waals surface area (Å²) in [6, 6.07) is 0.243. The molecule has 7 nitrogen and oxygen atoms in total. The van der Waals surface area contributed by atoms with E-state index in [1.54, 1.807) is 0 Å². The number of H-pyrrole nitrogens is 1. The Hall–Kier alpha value is -1.44. The van der Waals surface area contributed by atoms with Gasteiger partial charge in [-0.15, -0.1) is 0 Å². The molecule has 0 saturated carbocycles. The second-order valence-electron chi connectivity index (χ2n) is 5.91. The van der Waals surface area contributed by atoms with Crippen LogP contribution < -0.4 is 5.32 Å². The summed E-state index contributed by atoms with van der Waals surface area (Å²) < 4.78 is 0. The molecule has 2 heterocycles. The topological polar surface area (TPSA) is 84.5 Å². The molecule has 0 aromatic carbocycles. The summed E-state index contributed by atoms with van der Waals surface area (Å²) in [6.07, 6.45) is 0.954. The second kappa shape index (κ2) is 7.71. The van der Waals surface area contributed by atoms with Gasteiger partial charge in [-0.3, -0.25) is 19.7 Å². The number of hydrogen-bond donors (Lipinski definition) is 3. The third-order valence-electron chi connectivity index (χ3n) is 4.37. The van der Waals surface area contributed by atoms with Crippen LogP contribution in [-0.4, -0.2) is 76.4 Å². The average molecular weight is 309 g/mol. The third kappa shape index (κ3) is 4.06.